The molecule has 0 bridgehead atoms. The van der Waals surface area contributed by atoms with E-state index in [9.17, 15) is 9.90 Å². The lowest BCUT2D eigenvalue weighted by Gasteiger charge is -2.28. The summed E-state index contributed by atoms with van der Waals surface area (Å²) < 4.78 is 21.0. The van der Waals surface area contributed by atoms with Crippen LogP contribution in [0.4, 0.5) is 11.6 Å². The van der Waals surface area contributed by atoms with Crippen molar-refractivity contribution in [1.29, 1.82) is 0 Å². The van der Waals surface area contributed by atoms with Crippen LogP contribution in [0.3, 0.4) is 0 Å². The van der Waals surface area contributed by atoms with Crippen LogP contribution in [-0.2, 0) is 60.2 Å². The summed E-state index contributed by atoms with van der Waals surface area (Å²) in [7, 11) is -2.20. The minimum atomic E-state index is -1.11. The quantitative estimate of drug-likeness (QED) is 0.0647. The zero-order chi connectivity index (χ0) is 41.7. The van der Waals surface area contributed by atoms with Crippen LogP contribution in [0.5, 0.6) is 0 Å². The Morgan fingerprint density at radius 2 is 1.25 bits per heavy atom. The summed E-state index contributed by atoms with van der Waals surface area (Å²) in [6, 6.07) is 6.38. The number of aliphatic hydroxyl groups excluding tert-OH is 1. The van der Waals surface area contributed by atoms with E-state index in [1.165, 1.54) is 0 Å². The molecule has 8 rings (SSSR count). The first-order chi connectivity index (χ1) is 28.3. The minimum Gasteiger partial charge on any atom is -0.461 e. The van der Waals surface area contributed by atoms with E-state index in [1.54, 1.807) is 19.6 Å². The molecule has 0 amide bonds. The molecular weight excluding hydrogens is 785 g/mol. The number of fused-ring (bicyclic) bond motifs is 4. The first kappa shape index (κ1) is 42.2. The van der Waals surface area contributed by atoms with Crippen molar-refractivity contribution in [3.63, 3.8) is 0 Å². The molecular formula is C40H58N12O5Si2. The van der Waals surface area contributed by atoms with Gasteiger partial charge in [-0.2, -0.15) is 10.2 Å². The number of aromatic amines is 2. The lowest BCUT2D eigenvalue weighted by atomic mass is 10.1. The standard InChI is InChI=1S/C21H30N6O3Si.C19H28N6O2Si/c1-5-30-21(28)18-16-12-26(9-7-17(16)24-25-18)19-15-6-8-27(20(15)23-13-22-19)14-29-10-11-31(2,3)4;1-28(2,3)9-8-27-13-25-6-4-14-18(20-12-21-19(14)25)24-7-5-16-15(10-24)17(11-26)23-22-16/h6,8,13H,5,7,9-12,14H2,1-4H3,(H,24,25);4,6,12,26H,5,7-11,13H2,1-3H3,(H,22,23). The Hall–Kier alpha value is -4.96. The van der Waals surface area contributed by atoms with Crippen LogP contribution in [0.25, 0.3) is 22.1 Å². The smallest absolute Gasteiger partial charge is 0.359 e. The van der Waals surface area contributed by atoms with E-state index in [-0.39, 0.29) is 6.61 Å². The van der Waals surface area contributed by atoms with Gasteiger partial charge in [0.15, 0.2) is 5.69 Å². The summed E-state index contributed by atoms with van der Waals surface area (Å²) in [5, 5.41) is 26.0. The van der Waals surface area contributed by atoms with Crippen LogP contribution in [-0.4, -0.2) is 110 Å². The molecule has 0 spiro atoms. The maximum absolute atomic E-state index is 12.3. The summed E-state index contributed by atoms with van der Waals surface area (Å²) in [4.78, 5) is 34.8. The summed E-state index contributed by atoms with van der Waals surface area (Å²) in [6.07, 6.45) is 8.84. The van der Waals surface area contributed by atoms with E-state index in [1.807, 2.05) is 27.6 Å². The van der Waals surface area contributed by atoms with Gasteiger partial charge < -0.3 is 38.3 Å². The number of nitrogens with one attached hydrogen (secondary N) is 2. The molecule has 59 heavy (non-hydrogen) atoms. The van der Waals surface area contributed by atoms with E-state index in [0.29, 0.717) is 38.9 Å². The Morgan fingerprint density at radius 1 is 0.746 bits per heavy atom. The van der Waals surface area contributed by atoms with Gasteiger partial charge in [-0.15, -0.1) is 0 Å². The molecule has 2 aliphatic rings. The van der Waals surface area contributed by atoms with Crippen LogP contribution in [0, 0.1) is 0 Å². The highest BCUT2D eigenvalue weighted by atomic mass is 28.3. The van der Waals surface area contributed by atoms with Crippen molar-refractivity contribution in [3.8, 4) is 0 Å². The van der Waals surface area contributed by atoms with Crippen molar-refractivity contribution in [3.05, 3.63) is 71.1 Å². The van der Waals surface area contributed by atoms with Gasteiger partial charge in [0.25, 0.3) is 0 Å². The molecule has 8 heterocycles. The predicted octanol–water partition coefficient (Wildman–Crippen LogP) is 5.73. The Bertz CT molecular complexity index is 2340. The van der Waals surface area contributed by atoms with Gasteiger partial charge >= 0.3 is 5.97 Å². The highest BCUT2D eigenvalue weighted by molar-refractivity contribution is 6.76. The number of hydrogen-bond acceptors (Lipinski definition) is 13. The largest absolute Gasteiger partial charge is 0.461 e. The maximum Gasteiger partial charge on any atom is 0.359 e. The Balaban J connectivity index is 0.000000180. The first-order valence-corrected chi connectivity index (χ1v) is 27.9. The van der Waals surface area contributed by atoms with Gasteiger partial charge in [0.2, 0.25) is 0 Å². The number of aliphatic hydroxyl groups is 1. The second-order valence-electron chi connectivity index (χ2n) is 17.5. The number of anilines is 2. The van der Waals surface area contributed by atoms with Crippen molar-refractivity contribution in [2.45, 2.75) is 104 Å². The number of carbonyl (C=O) groups is 1. The summed E-state index contributed by atoms with van der Waals surface area (Å²) >= 11 is 0. The molecule has 6 aromatic rings. The Morgan fingerprint density at radius 3 is 1.76 bits per heavy atom. The van der Waals surface area contributed by atoms with Crippen molar-refractivity contribution >= 4 is 55.8 Å². The fourth-order valence-electron chi connectivity index (χ4n) is 7.29. The third-order valence-corrected chi connectivity index (χ3v) is 14.1. The minimum absolute atomic E-state index is 0.0516. The van der Waals surface area contributed by atoms with Gasteiger partial charge in [-0.1, -0.05) is 39.3 Å². The lowest BCUT2D eigenvalue weighted by molar-refractivity contribution is 0.0518. The number of hydrogen-bond donors (Lipinski definition) is 3. The number of rotatable bonds is 15. The predicted molar refractivity (Wildman–Crippen MR) is 232 cm³/mol. The van der Waals surface area contributed by atoms with E-state index in [0.717, 1.165) is 113 Å². The van der Waals surface area contributed by atoms with Gasteiger partial charge in [-0.05, 0) is 31.1 Å². The third kappa shape index (κ3) is 9.92. The van der Waals surface area contributed by atoms with Crippen LogP contribution >= 0.6 is 0 Å². The van der Waals surface area contributed by atoms with Crippen LogP contribution in [0.1, 0.15) is 45.6 Å². The molecule has 0 fully saturated rings. The second kappa shape index (κ2) is 18.1. The number of aromatic nitrogens is 10. The normalized spacial score (nSPS) is 14.4. The third-order valence-electron chi connectivity index (χ3n) is 10.7. The molecule has 2 aliphatic heterocycles. The monoisotopic (exact) mass is 842 g/mol. The average Bonchev–Trinajstić information content (AvgIpc) is 4.02. The fraction of sp³-hybridized carbons (Fsp3) is 0.525. The van der Waals surface area contributed by atoms with E-state index in [4.69, 9.17) is 14.2 Å². The molecule has 0 radical (unpaired) electrons. The van der Waals surface area contributed by atoms with Crippen molar-refractivity contribution < 1.29 is 24.1 Å². The van der Waals surface area contributed by atoms with Crippen LogP contribution in [0.2, 0.25) is 51.4 Å². The summed E-state index contributed by atoms with van der Waals surface area (Å²) in [5.74, 6) is 1.38. The molecule has 17 nitrogen and oxygen atoms in total. The van der Waals surface area contributed by atoms with E-state index < -0.39 is 22.1 Å². The molecule has 0 saturated heterocycles. The molecule has 316 valence electrons. The summed E-state index contributed by atoms with van der Waals surface area (Å²) in [6.45, 7) is 21.6. The molecule has 0 aliphatic carbocycles. The number of nitrogens with zero attached hydrogens (tertiary/aromatic N) is 10. The average molecular weight is 843 g/mol. The molecule has 0 saturated carbocycles. The zero-order valence-electron chi connectivity index (χ0n) is 35.4. The van der Waals surface area contributed by atoms with Gasteiger partial charge in [0.1, 0.15) is 49.0 Å². The number of esters is 1. The fourth-order valence-corrected chi connectivity index (χ4v) is 8.80. The Kier molecular flexibility index (Phi) is 13.0. The van der Waals surface area contributed by atoms with Crippen LogP contribution < -0.4 is 9.80 Å². The van der Waals surface area contributed by atoms with Gasteiger partial charge in [-0.25, -0.2) is 24.7 Å². The van der Waals surface area contributed by atoms with Gasteiger partial charge in [0.05, 0.1) is 29.7 Å². The van der Waals surface area contributed by atoms with E-state index in [2.05, 4.69) is 95.5 Å². The number of ether oxygens (including phenoxy) is 3. The highest BCUT2D eigenvalue weighted by Gasteiger charge is 2.29. The lowest BCUT2D eigenvalue weighted by Crippen LogP contribution is -2.31. The highest BCUT2D eigenvalue weighted by Crippen LogP contribution is 2.31. The molecule has 0 atom stereocenters. The molecule has 3 N–H and O–H groups in total. The topological polar surface area (TPSA) is 190 Å². The van der Waals surface area contributed by atoms with Crippen molar-refractivity contribution in [1.82, 2.24) is 49.5 Å². The SMILES string of the molecule is CCOC(=O)c1n[nH]c2c1CN(c1ncnc3c1ccn3COCC[Si](C)(C)C)CC2.C[Si](C)(C)CCOCn1ccc2c(N3CCc4[nH]nc(CO)c4C3)ncnc21. The second-order valence-corrected chi connectivity index (χ2v) is 28.8. The molecule has 0 unspecified atom stereocenters. The van der Waals surface area contributed by atoms with Crippen molar-refractivity contribution in [2.24, 2.45) is 0 Å². The molecule has 0 aromatic carbocycles. The number of carbonyl (C=O) groups excluding carboxylic acids is 1. The van der Waals surface area contributed by atoms with E-state index >= 15 is 0 Å². The molecule has 6 aromatic heterocycles. The van der Waals surface area contributed by atoms with Crippen LogP contribution in [0.15, 0.2) is 37.2 Å². The first-order valence-electron chi connectivity index (χ1n) is 20.5. The Labute approximate surface area is 346 Å². The summed E-state index contributed by atoms with van der Waals surface area (Å²) in [5.41, 5.74) is 6.87. The van der Waals surface area contributed by atoms with Gasteiger partial charge in [0, 0.05) is 103 Å². The van der Waals surface area contributed by atoms with Crippen molar-refractivity contribution in [2.75, 3.05) is 42.7 Å². The maximum atomic E-state index is 12.3. The zero-order valence-corrected chi connectivity index (χ0v) is 37.4. The molecule has 19 heteroatoms. The number of H-pyrrole nitrogens is 2. The van der Waals surface area contributed by atoms with Gasteiger partial charge in [-0.3, -0.25) is 10.2 Å².